The Balaban J connectivity index is 1.31. The third-order valence-electron chi connectivity index (χ3n) is 5.44. The molecule has 1 aliphatic rings. The zero-order valence-electron chi connectivity index (χ0n) is 17.2. The van der Waals surface area contributed by atoms with E-state index < -0.39 is 4.92 Å². The Morgan fingerprint density at radius 2 is 1.75 bits per heavy atom. The van der Waals surface area contributed by atoms with Gasteiger partial charge in [-0.15, -0.1) is 0 Å². The van der Waals surface area contributed by atoms with Crippen LogP contribution in [0.3, 0.4) is 0 Å². The normalized spacial score (nSPS) is 14.5. The molecular formula is C22H21Cl2N5O3. The summed E-state index contributed by atoms with van der Waals surface area (Å²) in [5.74, 6) is -0.00421. The van der Waals surface area contributed by atoms with Crippen LogP contribution in [0.1, 0.15) is 21.5 Å². The smallest absolute Gasteiger partial charge is 0.307 e. The molecular weight excluding hydrogens is 453 g/mol. The van der Waals surface area contributed by atoms with Crippen LogP contribution < -0.4 is 0 Å². The lowest BCUT2D eigenvalue weighted by Gasteiger charge is -2.35. The lowest BCUT2D eigenvalue weighted by molar-refractivity contribution is -0.385. The molecule has 0 aliphatic carbocycles. The minimum Gasteiger partial charge on any atom is -0.336 e. The number of nitrogens with zero attached hydrogens (tertiary/aromatic N) is 5. The second kappa shape index (κ2) is 9.68. The number of hydrogen-bond acceptors (Lipinski definition) is 5. The topological polar surface area (TPSA) is 84.5 Å². The fraction of sp³-hybridized carbons (Fsp3) is 0.273. The summed E-state index contributed by atoms with van der Waals surface area (Å²) in [4.78, 5) is 27.3. The van der Waals surface area contributed by atoms with Crippen molar-refractivity contribution in [2.24, 2.45) is 0 Å². The molecule has 0 bridgehead atoms. The number of benzene rings is 2. The molecule has 0 saturated carbocycles. The van der Waals surface area contributed by atoms with E-state index in [4.69, 9.17) is 23.2 Å². The number of aromatic nitrogens is 2. The molecule has 2 heterocycles. The maximum Gasteiger partial charge on any atom is 0.307 e. The van der Waals surface area contributed by atoms with E-state index in [-0.39, 0.29) is 11.6 Å². The van der Waals surface area contributed by atoms with Gasteiger partial charge in [-0.1, -0.05) is 41.4 Å². The molecule has 0 atom stereocenters. The molecule has 1 amide bonds. The molecule has 166 valence electrons. The molecule has 0 N–H and O–H groups in total. The van der Waals surface area contributed by atoms with Crippen LogP contribution in [-0.2, 0) is 13.1 Å². The quantitative estimate of drug-likeness (QED) is 0.397. The molecule has 10 heteroatoms. The second-order valence-electron chi connectivity index (χ2n) is 7.65. The summed E-state index contributed by atoms with van der Waals surface area (Å²) >= 11 is 12.2. The highest BCUT2D eigenvalue weighted by Crippen LogP contribution is 2.23. The van der Waals surface area contributed by atoms with Gasteiger partial charge in [0.25, 0.3) is 5.91 Å². The van der Waals surface area contributed by atoms with Crippen molar-refractivity contribution in [2.75, 3.05) is 26.2 Å². The Kier molecular flexibility index (Phi) is 6.74. The molecule has 4 rings (SSSR count). The van der Waals surface area contributed by atoms with Gasteiger partial charge in [-0.2, -0.15) is 5.10 Å². The zero-order valence-corrected chi connectivity index (χ0v) is 18.7. The first-order valence-electron chi connectivity index (χ1n) is 10.1. The van der Waals surface area contributed by atoms with E-state index in [1.165, 1.54) is 17.1 Å². The van der Waals surface area contributed by atoms with Crippen molar-refractivity contribution in [3.8, 4) is 0 Å². The van der Waals surface area contributed by atoms with Crippen LogP contribution in [-0.4, -0.2) is 56.6 Å². The van der Waals surface area contributed by atoms with Gasteiger partial charge in [0.05, 0.1) is 11.5 Å². The molecule has 0 unspecified atom stereocenters. The summed E-state index contributed by atoms with van der Waals surface area (Å²) in [5, 5.41) is 16.0. The molecule has 2 aromatic carbocycles. The molecule has 1 aliphatic heterocycles. The minimum absolute atomic E-state index is 0.00421. The lowest BCUT2D eigenvalue weighted by atomic mass is 10.1. The van der Waals surface area contributed by atoms with E-state index in [1.807, 2.05) is 29.2 Å². The summed E-state index contributed by atoms with van der Waals surface area (Å²) in [6, 6.07) is 12.8. The number of piperazine rings is 1. The maximum absolute atomic E-state index is 12.9. The molecule has 3 aromatic rings. The van der Waals surface area contributed by atoms with E-state index in [1.54, 1.807) is 18.2 Å². The third kappa shape index (κ3) is 5.27. The van der Waals surface area contributed by atoms with Gasteiger partial charge in [0.2, 0.25) is 0 Å². The SMILES string of the molecule is O=C(c1ccc(Cn2cc([N+](=O)[O-])cn2)cc1)N1CCN(Cc2ccc(Cl)cc2Cl)CC1. The Morgan fingerprint density at radius 1 is 1.03 bits per heavy atom. The average Bonchev–Trinajstić information content (AvgIpc) is 3.25. The van der Waals surface area contributed by atoms with Gasteiger partial charge < -0.3 is 4.90 Å². The van der Waals surface area contributed by atoms with Gasteiger partial charge in [-0.3, -0.25) is 24.5 Å². The molecule has 32 heavy (non-hydrogen) atoms. The molecule has 0 spiro atoms. The van der Waals surface area contributed by atoms with Gasteiger partial charge in [-0.25, -0.2) is 0 Å². The highest BCUT2D eigenvalue weighted by Gasteiger charge is 2.22. The molecule has 1 saturated heterocycles. The van der Waals surface area contributed by atoms with Crippen molar-refractivity contribution in [2.45, 2.75) is 13.1 Å². The highest BCUT2D eigenvalue weighted by molar-refractivity contribution is 6.35. The van der Waals surface area contributed by atoms with Gasteiger partial charge in [0.15, 0.2) is 0 Å². The second-order valence-corrected chi connectivity index (χ2v) is 8.50. The van der Waals surface area contributed by atoms with Crippen LogP contribution in [0, 0.1) is 10.1 Å². The number of nitro groups is 1. The number of amides is 1. The molecule has 0 radical (unpaired) electrons. The number of hydrogen-bond donors (Lipinski definition) is 0. The Hall–Kier alpha value is -2.94. The molecule has 1 fully saturated rings. The van der Waals surface area contributed by atoms with Gasteiger partial charge >= 0.3 is 5.69 Å². The van der Waals surface area contributed by atoms with Crippen LogP contribution in [0.25, 0.3) is 0 Å². The summed E-state index contributed by atoms with van der Waals surface area (Å²) in [6.45, 7) is 3.93. The number of halogens is 2. The number of carbonyl (C=O) groups is 1. The first kappa shape index (κ1) is 22.3. The van der Waals surface area contributed by atoms with Crippen LogP contribution in [0.5, 0.6) is 0 Å². The fourth-order valence-electron chi connectivity index (χ4n) is 3.66. The van der Waals surface area contributed by atoms with Crippen molar-refractivity contribution in [3.63, 3.8) is 0 Å². The van der Waals surface area contributed by atoms with Gasteiger partial charge in [-0.05, 0) is 35.4 Å². The summed E-state index contributed by atoms with van der Waals surface area (Å²) in [7, 11) is 0. The van der Waals surface area contributed by atoms with E-state index in [2.05, 4.69) is 10.00 Å². The number of carbonyl (C=O) groups excluding carboxylic acids is 1. The van der Waals surface area contributed by atoms with E-state index >= 15 is 0 Å². The Morgan fingerprint density at radius 3 is 2.38 bits per heavy atom. The zero-order chi connectivity index (χ0) is 22.7. The van der Waals surface area contributed by atoms with Crippen molar-refractivity contribution >= 4 is 34.8 Å². The molecule has 8 nitrogen and oxygen atoms in total. The average molecular weight is 474 g/mol. The Labute approximate surface area is 195 Å². The van der Waals surface area contributed by atoms with Crippen LogP contribution in [0.15, 0.2) is 54.9 Å². The fourth-order valence-corrected chi connectivity index (χ4v) is 4.12. The maximum atomic E-state index is 12.9. The van der Waals surface area contributed by atoms with Crippen molar-refractivity contribution in [3.05, 3.63) is 91.7 Å². The standard InChI is InChI=1S/C22H21Cl2N5O3/c23-19-6-5-18(21(24)11-19)14-26-7-9-27(10-8-26)22(30)17-3-1-16(2-4-17)13-28-15-20(12-25-28)29(31)32/h1-6,11-12,15H,7-10,13-14H2. The summed E-state index contributed by atoms with van der Waals surface area (Å²) < 4.78 is 1.50. The summed E-state index contributed by atoms with van der Waals surface area (Å²) in [5.41, 5.74) is 2.50. The third-order valence-corrected chi connectivity index (χ3v) is 6.03. The first-order chi connectivity index (χ1) is 15.4. The molecule has 1 aromatic heterocycles. The predicted molar refractivity (Wildman–Crippen MR) is 122 cm³/mol. The monoisotopic (exact) mass is 473 g/mol. The van der Waals surface area contributed by atoms with E-state index in [9.17, 15) is 14.9 Å². The van der Waals surface area contributed by atoms with Crippen molar-refractivity contribution < 1.29 is 9.72 Å². The van der Waals surface area contributed by atoms with Crippen LogP contribution in [0.4, 0.5) is 5.69 Å². The van der Waals surface area contributed by atoms with Crippen molar-refractivity contribution in [1.29, 1.82) is 0 Å². The highest BCUT2D eigenvalue weighted by atomic mass is 35.5. The van der Waals surface area contributed by atoms with Gasteiger partial charge in [0, 0.05) is 48.3 Å². The Bertz CT molecular complexity index is 1120. The van der Waals surface area contributed by atoms with Crippen LogP contribution >= 0.6 is 23.2 Å². The number of rotatable bonds is 6. The summed E-state index contributed by atoms with van der Waals surface area (Å²) in [6.07, 6.45) is 2.61. The first-order valence-corrected chi connectivity index (χ1v) is 10.9. The van der Waals surface area contributed by atoms with Gasteiger partial charge in [0.1, 0.15) is 12.4 Å². The van der Waals surface area contributed by atoms with Crippen molar-refractivity contribution in [1.82, 2.24) is 19.6 Å². The predicted octanol–water partition coefficient (Wildman–Crippen LogP) is 4.10. The largest absolute Gasteiger partial charge is 0.336 e. The van der Waals surface area contributed by atoms with E-state index in [0.29, 0.717) is 35.2 Å². The van der Waals surface area contributed by atoms with E-state index in [0.717, 1.165) is 30.8 Å². The lowest BCUT2D eigenvalue weighted by Crippen LogP contribution is -2.48. The van der Waals surface area contributed by atoms with Crippen LogP contribution in [0.2, 0.25) is 10.0 Å². The minimum atomic E-state index is -0.477.